The molecule has 0 spiro atoms. The topological polar surface area (TPSA) is 74.2 Å². The third-order valence-electron chi connectivity index (χ3n) is 6.46. The highest BCUT2D eigenvalue weighted by molar-refractivity contribution is 5.96. The Bertz CT molecular complexity index is 890. The van der Waals surface area contributed by atoms with Crippen LogP contribution in [0.3, 0.4) is 0 Å². The minimum atomic E-state index is -0.928. The molecular weight excluding hydrogens is 432 g/mol. The van der Waals surface area contributed by atoms with Crippen LogP contribution >= 0.6 is 0 Å². The van der Waals surface area contributed by atoms with Gasteiger partial charge in [0.15, 0.2) is 0 Å². The van der Waals surface area contributed by atoms with Gasteiger partial charge in [-0.15, -0.1) is 0 Å². The first kappa shape index (κ1) is 26.4. The van der Waals surface area contributed by atoms with Gasteiger partial charge in [0.1, 0.15) is 6.79 Å². The van der Waals surface area contributed by atoms with Crippen LogP contribution in [0.25, 0.3) is 11.1 Å². The van der Waals surface area contributed by atoms with Crippen LogP contribution in [0.1, 0.15) is 60.0 Å². The van der Waals surface area contributed by atoms with E-state index in [4.69, 9.17) is 18.9 Å². The van der Waals surface area contributed by atoms with Gasteiger partial charge in [-0.3, -0.25) is 0 Å². The van der Waals surface area contributed by atoms with E-state index >= 15 is 0 Å². The Morgan fingerprint density at radius 1 is 1.03 bits per heavy atom. The van der Waals surface area contributed by atoms with Crippen LogP contribution in [0, 0.1) is 12.8 Å². The van der Waals surface area contributed by atoms with Gasteiger partial charge in [-0.1, -0.05) is 62.4 Å². The van der Waals surface area contributed by atoms with E-state index in [1.54, 1.807) is 13.2 Å². The summed E-state index contributed by atoms with van der Waals surface area (Å²) in [5, 5.41) is 9.72. The van der Waals surface area contributed by atoms with Crippen molar-refractivity contribution in [3.8, 4) is 11.1 Å². The van der Waals surface area contributed by atoms with Crippen molar-refractivity contribution < 1.29 is 28.8 Å². The molecule has 0 amide bonds. The Kier molecular flexibility index (Phi) is 11.0. The molecule has 0 aliphatic heterocycles. The van der Waals surface area contributed by atoms with E-state index in [1.165, 1.54) is 32.1 Å². The highest BCUT2D eigenvalue weighted by atomic mass is 16.7. The standard InChI is InChI=1S/C28H38O6/c1-21-8-6-7-11-25(21)27-17-23(12-13-26(27)28(29)30)18-34-24(16-22-9-4-3-5-10-22)19-33-20-32-15-14-31-2/h6-8,11-13,17,22,24H,3-5,9-10,14-16,18-20H2,1-2H3,(H,29,30). The fourth-order valence-electron chi connectivity index (χ4n) is 4.60. The monoisotopic (exact) mass is 470 g/mol. The van der Waals surface area contributed by atoms with Gasteiger partial charge in [-0.2, -0.15) is 0 Å². The quantitative estimate of drug-likeness (QED) is 0.276. The van der Waals surface area contributed by atoms with Crippen molar-refractivity contribution in [2.45, 2.75) is 58.2 Å². The van der Waals surface area contributed by atoms with Crippen LogP contribution in [-0.4, -0.2) is 50.9 Å². The predicted molar refractivity (Wildman–Crippen MR) is 132 cm³/mol. The Hall–Kier alpha value is -2.25. The first-order valence-electron chi connectivity index (χ1n) is 12.3. The zero-order chi connectivity index (χ0) is 24.2. The molecule has 2 aromatic carbocycles. The summed E-state index contributed by atoms with van der Waals surface area (Å²) in [5.41, 5.74) is 3.94. The molecule has 2 aromatic rings. The molecule has 0 aromatic heterocycles. The summed E-state index contributed by atoms with van der Waals surface area (Å²) < 4.78 is 22.5. The Balaban J connectivity index is 1.67. The van der Waals surface area contributed by atoms with Crippen LogP contribution in [0.15, 0.2) is 42.5 Å². The number of rotatable bonds is 14. The molecule has 6 nitrogen and oxygen atoms in total. The summed E-state index contributed by atoms with van der Waals surface area (Å²) in [4.78, 5) is 11.9. The van der Waals surface area contributed by atoms with E-state index < -0.39 is 5.97 Å². The van der Waals surface area contributed by atoms with Gasteiger partial charge >= 0.3 is 5.97 Å². The van der Waals surface area contributed by atoms with Crippen LogP contribution in [0.4, 0.5) is 0 Å². The molecule has 6 heteroatoms. The van der Waals surface area contributed by atoms with E-state index in [2.05, 4.69) is 0 Å². The number of benzene rings is 2. The lowest BCUT2D eigenvalue weighted by molar-refractivity contribution is -0.106. The molecule has 1 aliphatic rings. The highest BCUT2D eigenvalue weighted by Crippen LogP contribution is 2.30. The van der Waals surface area contributed by atoms with E-state index in [0.29, 0.717) is 37.9 Å². The van der Waals surface area contributed by atoms with E-state index in [9.17, 15) is 9.90 Å². The smallest absolute Gasteiger partial charge is 0.336 e. The fourth-order valence-corrected chi connectivity index (χ4v) is 4.60. The Morgan fingerprint density at radius 2 is 1.82 bits per heavy atom. The number of carbonyl (C=O) groups is 1. The highest BCUT2D eigenvalue weighted by Gasteiger charge is 2.21. The third-order valence-corrected chi connectivity index (χ3v) is 6.46. The number of methoxy groups -OCH3 is 1. The Labute approximate surface area is 203 Å². The van der Waals surface area contributed by atoms with Crippen molar-refractivity contribution >= 4 is 5.97 Å². The van der Waals surface area contributed by atoms with E-state index in [-0.39, 0.29) is 12.9 Å². The van der Waals surface area contributed by atoms with Crippen molar-refractivity contribution in [2.24, 2.45) is 5.92 Å². The molecule has 1 atom stereocenters. The Morgan fingerprint density at radius 3 is 2.56 bits per heavy atom. The molecule has 34 heavy (non-hydrogen) atoms. The first-order valence-corrected chi connectivity index (χ1v) is 12.3. The SMILES string of the molecule is COCCOCOCC(CC1CCCCC1)OCc1ccc(C(=O)O)c(-c2ccccc2C)c1. The summed E-state index contributed by atoms with van der Waals surface area (Å²) in [7, 11) is 1.64. The first-order chi connectivity index (χ1) is 16.6. The summed E-state index contributed by atoms with van der Waals surface area (Å²) in [6, 6.07) is 13.3. The molecule has 0 saturated heterocycles. The number of hydrogen-bond donors (Lipinski definition) is 1. The molecule has 0 heterocycles. The van der Waals surface area contributed by atoms with Gasteiger partial charge in [0.2, 0.25) is 0 Å². The third kappa shape index (κ3) is 8.20. The van der Waals surface area contributed by atoms with Gasteiger partial charge in [-0.05, 0) is 53.6 Å². The average molecular weight is 471 g/mol. The zero-order valence-electron chi connectivity index (χ0n) is 20.5. The lowest BCUT2D eigenvalue weighted by Crippen LogP contribution is -2.25. The summed E-state index contributed by atoms with van der Waals surface area (Å²) in [6.45, 7) is 4.14. The number of aryl methyl sites for hydroxylation is 1. The number of carboxylic acid groups (broad SMARTS) is 1. The van der Waals surface area contributed by atoms with Crippen LogP contribution in [0.2, 0.25) is 0 Å². The largest absolute Gasteiger partial charge is 0.478 e. The lowest BCUT2D eigenvalue weighted by Gasteiger charge is -2.27. The van der Waals surface area contributed by atoms with Crippen molar-refractivity contribution in [3.63, 3.8) is 0 Å². The number of ether oxygens (including phenoxy) is 4. The minimum absolute atomic E-state index is 0.0322. The molecule has 1 unspecified atom stereocenters. The van der Waals surface area contributed by atoms with Crippen molar-refractivity contribution in [1.29, 1.82) is 0 Å². The second-order valence-electron chi connectivity index (χ2n) is 9.06. The van der Waals surface area contributed by atoms with Gasteiger partial charge in [0.05, 0.1) is 38.1 Å². The molecule has 1 saturated carbocycles. The molecule has 186 valence electrons. The molecule has 0 bridgehead atoms. The average Bonchev–Trinajstić information content (AvgIpc) is 2.85. The number of hydrogen-bond acceptors (Lipinski definition) is 5. The van der Waals surface area contributed by atoms with Crippen molar-refractivity contribution in [2.75, 3.05) is 33.7 Å². The fraction of sp³-hybridized carbons (Fsp3) is 0.536. The van der Waals surface area contributed by atoms with Gasteiger partial charge in [0.25, 0.3) is 0 Å². The second kappa shape index (κ2) is 14.2. The molecule has 3 rings (SSSR count). The second-order valence-corrected chi connectivity index (χ2v) is 9.06. The van der Waals surface area contributed by atoms with E-state index in [0.717, 1.165) is 28.7 Å². The molecule has 0 radical (unpaired) electrons. The van der Waals surface area contributed by atoms with Crippen LogP contribution in [0.5, 0.6) is 0 Å². The van der Waals surface area contributed by atoms with Gasteiger partial charge < -0.3 is 24.1 Å². The molecule has 1 aliphatic carbocycles. The number of carboxylic acids is 1. The lowest BCUT2D eigenvalue weighted by atomic mass is 9.85. The minimum Gasteiger partial charge on any atom is -0.478 e. The van der Waals surface area contributed by atoms with Crippen molar-refractivity contribution in [3.05, 3.63) is 59.2 Å². The maximum absolute atomic E-state index is 11.9. The normalized spacial score (nSPS) is 15.4. The molecule has 1 fully saturated rings. The molecular formula is C28H38O6. The summed E-state index contributed by atoms with van der Waals surface area (Å²) >= 11 is 0. The number of aromatic carboxylic acids is 1. The van der Waals surface area contributed by atoms with Gasteiger partial charge in [0, 0.05) is 7.11 Å². The zero-order valence-corrected chi connectivity index (χ0v) is 20.5. The van der Waals surface area contributed by atoms with Gasteiger partial charge in [-0.25, -0.2) is 4.79 Å². The summed E-state index contributed by atoms with van der Waals surface area (Å²) in [5.74, 6) is -0.267. The molecule has 1 N–H and O–H groups in total. The van der Waals surface area contributed by atoms with E-state index in [1.807, 2.05) is 43.3 Å². The van der Waals surface area contributed by atoms with Crippen molar-refractivity contribution in [1.82, 2.24) is 0 Å². The predicted octanol–water partition coefficient (Wildman–Crippen LogP) is 5.85. The van der Waals surface area contributed by atoms with Crippen LogP contribution in [-0.2, 0) is 25.6 Å². The summed E-state index contributed by atoms with van der Waals surface area (Å²) in [6.07, 6.45) is 7.32. The maximum Gasteiger partial charge on any atom is 0.336 e. The maximum atomic E-state index is 11.9. The van der Waals surface area contributed by atoms with Crippen LogP contribution < -0.4 is 0 Å².